The van der Waals surface area contributed by atoms with Crippen molar-refractivity contribution in [2.75, 3.05) is 0 Å². The summed E-state index contributed by atoms with van der Waals surface area (Å²) in [4.78, 5) is 11.4. The molecule has 1 aromatic heterocycles. The van der Waals surface area contributed by atoms with Crippen molar-refractivity contribution in [2.24, 2.45) is 5.92 Å². The van der Waals surface area contributed by atoms with Crippen molar-refractivity contribution >= 4 is 11.0 Å². The van der Waals surface area contributed by atoms with E-state index in [0.717, 1.165) is 22.9 Å². The predicted octanol–water partition coefficient (Wildman–Crippen LogP) is 3.30. The van der Waals surface area contributed by atoms with Gasteiger partial charge in [0.15, 0.2) is 0 Å². The first-order chi connectivity index (χ1) is 7.56. The predicted molar refractivity (Wildman–Crippen MR) is 65.8 cm³/mol. The Morgan fingerprint density at radius 1 is 1.25 bits per heavy atom. The van der Waals surface area contributed by atoms with Gasteiger partial charge in [0.2, 0.25) is 0 Å². The van der Waals surface area contributed by atoms with Gasteiger partial charge in [-0.1, -0.05) is 26.0 Å². The van der Waals surface area contributed by atoms with E-state index in [2.05, 4.69) is 13.8 Å². The second-order valence-electron chi connectivity index (χ2n) is 4.69. The molecule has 2 rings (SSSR count). The molecule has 0 aliphatic heterocycles. The van der Waals surface area contributed by atoms with Gasteiger partial charge in [0.05, 0.1) is 0 Å². The lowest BCUT2D eigenvalue weighted by Gasteiger charge is -2.07. The van der Waals surface area contributed by atoms with E-state index in [1.54, 1.807) is 6.07 Å². The number of hydrogen-bond donors (Lipinski definition) is 0. The molecule has 0 aliphatic rings. The maximum absolute atomic E-state index is 11.4. The Hall–Kier alpha value is -1.57. The van der Waals surface area contributed by atoms with E-state index in [4.69, 9.17) is 4.42 Å². The molecule has 0 radical (unpaired) electrons. The largest absolute Gasteiger partial charge is 0.423 e. The van der Waals surface area contributed by atoms with E-state index in [0.29, 0.717) is 11.5 Å². The third-order valence-electron chi connectivity index (χ3n) is 2.61. The topological polar surface area (TPSA) is 30.2 Å². The molecule has 0 amide bonds. The molecule has 0 N–H and O–H groups in total. The summed E-state index contributed by atoms with van der Waals surface area (Å²) in [6.07, 6.45) is 0.908. The molecule has 1 aromatic carbocycles. The van der Waals surface area contributed by atoms with E-state index in [9.17, 15) is 4.79 Å². The van der Waals surface area contributed by atoms with Crippen LogP contribution in [0.3, 0.4) is 0 Å². The summed E-state index contributed by atoms with van der Waals surface area (Å²) in [7, 11) is 0. The molecule has 0 bridgehead atoms. The lowest BCUT2D eigenvalue weighted by atomic mass is 9.99. The summed E-state index contributed by atoms with van der Waals surface area (Å²) in [6.45, 7) is 6.29. The molecule has 0 saturated heterocycles. The zero-order valence-corrected chi connectivity index (χ0v) is 9.91. The van der Waals surface area contributed by atoms with Crippen LogP contribution in [0.15, 0.2) is 33.5 Å². The Morgan fingerprint density at radius 2 is 2.00 bits per heavy atom. The minimum atomic E-state index is -0.256. The Bertz CT molecular complexity index is 564. The highest BCUT2D eigenvalue weighted by Gasteiger charge is 2.07. The SMILES string of the molecule is Cc1ccc2c(CC(C)C)cc(=O)oc2c1. The normalized spacial score (nSPS) is 11.2. The molecule has 0 fully saturated rings. The minimum absolute atomic E-state index is 0.256. The first kappa shape index (κ1) is 10.9. The quantitative estimate of drug-likeness (QED) is 0.721. The molecule has 84 valence electrons. The first-order valence-electron chi connectivity index (χ1n) is 5.59. The van der Waals surface area contributed by atoms with Crippen molar-refractivity contribution in [2.45, 2.75) is 27.2 Å². The molecule has 0 aliphatic carbocycles. The Morgan fingerprint density at radius 3 is 2.69 bits per heavy atom. The van der Waals surface area contributed by atoms with Crippen molar-refractivity contribution in [3.8, 4) is 0 Å². The van der Waals surface area contributed by atoms with Crippen LogP contribution in [0, 0.1) is 12.8 Å². The van der Waals surface area contributed by atoms with E-state index in [1.165, 1.54) is 0 Å². The van der Waals surface area contributed by atoms with Crippen molar-refractivity contribution in [1.29, 1.82) is 0 Å². The molecule has 1 heterocycles. The van der Waals surface area contributed by atoms with Gasteiger partial charge in [-0.3, -0.25) is 0 Å². The van der Waals surface area contributed by atoms with Crippen LogP contribution in [0.25, 0.3) is 11.0 Å². The Labute approximate surface area is 94.9 Å². The number of aryl methyl sites for hydroxylation is 1. The van der Waals surface area contributed by atoms with E-state index in [-0.39, 0.29) is 5.63 Å². The molecular formula is C14H16O2. The number of rotatable bonds is 2. The highest BCUT2D eigenvalue weighted by atomic mass is 16.4. The van der Waals surface area contributed by atoms with Crippen LogP contribution < -0.4 is 5.63 Å². The summed E-state index contributed by atoms with van der Waals surface area (Å²) in [6, 6.07) is 7.61. The second-order valence-corrected chi connectivity index (χ2v) is 4.69. The van der Waals surface area contributed by atoms with Gasteiger partial charge in [-0.2, -0.15) is 0 Å². The van der Waals surface area contributed by atoms with Crippen LogP contribution in [0.2, 0.25) is 0 Å². The first-order valence-corrected chi connectivity index (χ1v) is 5.59. The van der Waals surface area contributed by atoms with Crippen LogP contribution in [0.1, 0.15) is 25.0 Å². The molecule has 2 nitrogen and oxygen atoms in total. The van der Waals surface area contributed by atoms with Crippen molar-refractivity contribution in [3.05, 3.63) is 45.8 Å². The fourth-order valence-electron chi connectivity index (χ4n) is 1.95. The van der Waals surface area contributed by atoms with Gasteiger partial charge in [-0.25, -0.2) is 4.79 Å². The van der Waals surface area contributed by atoms with Gasteiger partial charge in [0, 0.05) is 11.5 Å². The summed E-state index contributed by atoms with van der Waals surface area (Å²) in [5, 5.41) is 1.05. The number of hydrogen-bond acceptors (Lipinski definition) is 2. The van der Waals surface area contributed by atoms with Gasteiger partial charge >= 0.3 is 5.63 Å². The van der Waals surface area contributed by atoms with Crippen molar-refractivity contribution in [1.82, 2.24) is 0 Å². The summed E-state index contributed by atoms with van der Waals surface area (Å²) < 4.78 is 5.21. The lowest BCUT2D eigenvalue weighted by molar-refractivity contribution is 0.554. The summed E-state index contributed by atoms with van der Waals surface area (Å²) >= 11 is 0. The van der Waals surface area contributed by atoms with E-state index >= 15 is 0 Å². The fraction of sp³-hybridized carbons (Fsp3) is 0.357. The van der Waals surface area contributed by atoms with E-state index in [1.807, 2.05) is 25.1 Å². The summed E-state index contributed by atoms with van der Waals surface area (Å²) in [5.41, 5.74) is 2.63. The van der Waals surface area contributed by atoms with Crippen molar-refractivity contribution in [3.63, 3.8) is 0 Å². The van der Waals surface area contributed by atoms with Crippen LogP contribution in [0.4, 0.5) is 0 Å². The van der Waals surface area contributed by atoms with Gasteiger partial charge < -0.3 is 4.42 Å². The molecule has 0 spiro atoms. The van der Waals surface area contributed by atoms with Crippen LogP contribution >= 0.6 is 0 Å². The molecule has 0 unspecified atom stereocenters. The minimum Gasteiger partial charge on any atom is -0.423 e. The van der Waals surface area contributed by atoms with Crippen LogP contribution in [-0.4, -0.2) is 0 Å². The highest BCUT2D eigenvalue weighted by molar-refractivity contribution is 5.80. The fourth-order valence-corrected chi connectivity index (χ4v) is 1.95. The second kappa shape index (κ2) is 4.12. The molecule has 2 aromatic rings. The van der Waals surface area contributed by atoms with Gasteiger partial charge in [-0.15, -0.1) is 0 Å². The average Bonchev–Trinajstić information content (AvgIpc) is 2.15. The monoisotopic (exact) mass is 216 g/mol. The Kier molecular flexibility index (Phi) is 2.82. The number of fused-ring (bicyclic) bond motifs is 1. The smallest absolute Gasteiger partial charge is 0.336 e. The molecule has 0 saturated carbocycles. The standard InChI is InChI=1S/C14H16O2/c1-9(2)6-11-8-14(15)16-13-7-10(3)4-5-12(11)13/h4-5,7-9H,6H2,1-3H3. The zero-order chi connectivity index (χ0) is 11.7. The van der Waals surface area contributed by atoms with Crippen LogP contribution in [0.5, 0.6) is 0 Å². The summed E-state index contributed by atoms with van der Waals surface area (Å²) in [5.74, 6) is 0.534. The average molecular weight is 216 g/mol. The zero-order valence-electron chi connectivity index (χ0n) is 9.91. The van der Waals surface area contributed by atoms with Crippen molar-refractivity contribution < 1.29 is 4.42 Å². The number of benzene rings is 1. The lowest BCUT2D eigenvalue weighted by Crippen LogP contribution is -2.03. The molecule has 0 atom stereocenters. The maximum Gasteiger partial charge on any atom is 0.336 e. The van der Waals surface area contributed by atoms with Crippen LogP contribution in [-0.2, 0) is 6.42 Å². The maximum atomic E-state index is 11.4. The van der Waals surface area contributed by atoms with Gasteiger partial charge in [0.1, 0.15) is 5.58 Å². The third kappa shape index (κ3) is 2.16. The molecule has 16 heavy (non-hydrogen) atoms. The highest BCUT2D eigenvalue weighted by Crippen LogP contribution is 2.20. The van der Waals surface area contributed by atoms with Gasteiger partial charge in [0.25, 0.3) is 0 Å². The van der Waals surface area contributed by atoms with E-state index < -0.39 is 0 Å². The Balaban J connectivity index is 2.68. The molecular weight excluding hydrogens is 200 g/mol. The third-order valence-corrected chi connectivity index (χ3v) is 2.61. The van der Waals surface area contributed by atoms with Gasteiger partial charge in [-0.05, 0) is 36.5 Å². The molecule has 2 heteroatoms.